The molecular formula is C26H22ClFN4O4S. The molecule has 1 aliphatic heterocycles. The monoisotopic (exact) mass is 540 g/mol. The number of thiophene rings is 1. The topological polar surface area (TPSA) is 95.9 Å². The molecule has 1 N–H and O–H groups in total. The summed E-state index contributed by atoms with van der Waals surface area (Å²) in [6.07, 6.45) is -0.298. The summed E-state index contributed by atoms with van der Waals surface area (Å²) in [7, 11) is 0. The highest BCUT2D eigenvalue weighted by molar-refractivity contribution is 7.21. The number of ether oxygens (including phenoxy) is 1. The molecule has 4 aromatic rings. The van der Waals surface area contributed by atoms with Crippen LogP contribution in [0.4, 0.5) is 10.2 Å². The van der Waals surface area contributed by atoms with Crippen LogP contribution in [-0.4, -0.2) is 64.6 Å². The van der Waals surface area contributed by atoms with Gasteiger partial charge >= 0.3 is 5.97 Å². The van der Waals surface area contributed by atoms with Gasteiger partial charge in [0.2, 0.25) is 0 Å². The SMILES string of the molecule is O=C(O)Cc1nc(N2CCN(C(=O)COc3ccc(Cl)cc3)CC2)c2cc(-c3ccc(F)cc3)sc2n1. The number of hydrogen-bond acceptors (Lipinski definition) is 7. The first-order valence-electron chi connectivity index (χ1n) is 11.5. The zero-order valence-corrected chi connectivity index (χ0v) is 21.1. The van der Waals surface area contributed by atoms with E-state index in [2.05, 4.69) is 9.97 Å². The molecule has 0 aliphatic carbocycles. The molecule has 0 radical (unpaired) electrons. The van der Waals surface area contributed by atoms with Gasteiger partial charge in [0, 0.05) is 36.1 Å². The van der Waals surface area contributed by atoms with Crippen molar-refractivity contribution in [1.82, 2.24) is 14.9 Å². The summed E-state index contributed by atoms with van der Waals surface area (Å²) >= 11 is 7.29. The van der Waals surface area contributed by atoms with Crippen molar-refractivity contribution in [2.24, 2.45) is 0 Å². The number of rotatable bonds is 7. The summed E-state index contributed by atoms with van der Waals surface area (Å²) in [6.45, 7) is 1.91. The minimum Gasteiger partial charge on any atom is -0.484 e. The first-order chi connectivity index (χ1) is 17.9. The lowest BCUT2D eigenvalue weighted by Crippen LogP contribution is -2.50. The normalized spacial score (nSPS) is 13.7. The Morgan fingerprint density at radius 3 is 2.41 bits per heavy atom. The summed E-state index contributed by atoms with van der Waals surface area (Å²) < 4.78 is 19.0. The number of hydrogen-bond donors (Lipinski definition) is 1. The summed E-state index contributed by atoms with van der Waals surface area (Å²) in [5.74, 6) is -0.0344. The van der Waals surface area contributed by atoms with Gasteiger partial charge in [0.25, 0.3) is 5.91 Å². The van der Waals surface area contributed by atoms with Gasteiger partial charge in [0.1, 0.15) is 34.5 Å². The molecule has 1 fully saturated rings. The third-order valence-electron chi connectivity index (χ3n) is 5.96. The van der Waals surface area contributed by atoms with Crippen molar-refractivity contribution in [3.63, 3.8) is 0 Å². The number of anilines is 1. The maximum absolute atomic E-state index is 13.4. The van der Waals surface area contributed by atoms with E-state index in [9.17, 15) is 19.1 Å². The average Bonchev–Trinajstić information content (AvgIpc) is 3.32. The number of carboxylic acid groups (broad SMARTS) is 1. The molecule has 11 heteroatoms. The van der Waals surface area contributed by atoms with Crippen molar-refractivity contribution in [2.75, 3.05) is 37.7 Å². The van der Waals surface area contributed by atoms with Crippen molar-refractivity contribution in [3.8, 4) is 16.2 Å². The van der Waals surface area contributed by atoms with Gasteiger partial charge < -0.3 is 19.6 Å². The predicted octanol–water partition coefficient (Wildman–Crippen LogP) is 4.51. The van der Waals surface area contributed by atoms with Gasteiger partial charge in [-0.05, 0) is 48.0 Å². The van der Waals surface area contributed by atoms with E-state index in [1.807, 2.05) is 11.0 Å². The molecule has 0 bridgehead atoms. The number of carbonyl (C=O) groups is 2. The molecule has 1 amide bonds. The first-order valence-corrected chi connectivity index (χ1v) is 12.7. The van der Waals surface area contributed by atoms with Crippen LogP contribution in [0.5, 0.6) is 5.75 Å². The van der Waals surface area contributed by atoms with Crippen LogP contribution in [-0.2, 0) is 16.0 Å². The third kappa shape index (κ3) is 5.81. The Balaban J connectivity index is 1.33. The van der Waals surface area contributed by atoms with E-state index in [1.165, 1.54) is 23.5 Å². The third-order valence-corrected chi connectivity index (χ3v) is 7.29. The molecule has 190 valence electrons. The molecule has 5 rings (SSSR count). The van der Waals surface area contributed by atoms with E-state index in [0.29, 0.717) is 47.6 Å². The molecule has 2 aromatic carbocycles. The number of carboxylic acids is 1. The summed E-state index contributed by atoms with van der Waals surface area (Å²) in [5.41, 5.74) is 0.839. The lowest BCUT2D eigenvalue weighted by molar-refractivity contribution is -0.136. The number of aliphatic carboxylic acids is 1. The fourth-order valence-electron chi connectivity index (χ4n) is 4.10. The Hall–Kier alpha value is -3.76. The molecule has 0 saturated carbocycles. The van der Waals surface area contributed by atoms with Gasteiger partial charge in [-0.2, -0.15) is 0 Å². The maximum atomic E-state index is 13.4. The Kier molecular flexibility index (Phi) is 7.20. The Morgan fingerprint density at radius 1 is 1.03 bits per heavy atom. The molecule has 8 nitrogen and oxygen atoms in total. The number of aromatic nitrogens is 2. The predicted molar refractivity (Wildman–Crippen MR) is 140 cm³/mol. The van der Waals surface area contributed by atoms with E-state index < -0.39 is 5.97 Å². The Morgan fingerprint density at radius 2 is 1.73 bits per heavy atom. The number of benzene rings is 2. The number of amides is 1. The van der Waals surface area contributed by atoms with E-state index in [4.69, 9.17) is 16.3 Å². The molecule has 0 unspecified atom stereocenters. The molecule has 3 heterocycles. The van der Waals surface area contributed by atoms with Crippen molar-refractivity contribution < 1.29 is 23.8 Å². The van der Waals surface area contributed by atoms with Crippen LogP contribution < -0.4 is 9.64 Å². The van der Waals surface area contributed by atoms with Gasteiger partial charge in [0.15, 0.2) is 6.61 Å². The van der Waals surface area contributed by atoms with Gasteiger partial charge in [-0.1, -0.05) is 23.7 Å². The fraction of sp³-hybridized carbons (Fsp3) is 0.231. The van der Waals surface area contributed by atoms with Gasteiger partial charge in [-0.25, -0.2) is 14.4 Å². The van der Waals surface area contributed by atoms with E-state index in [1.54, 1.807) is 41.3 Å². The average molecular weight is 541 g/mol. The second kappa shape index (κ2) is 10.7. The lowest BCUT2D eigenvalue weighted by atomic mass is 10.1. The van der Waals surface area contributed by atoms with Gasteiger partial charge in [0.05, 0.1) is 5.39 Å². The lowest BCUT2D eigenvalue weighted by Gasteiger charge is -2.35. The van der Waals surface area contributed by atoms with Crippen LogP contribution >= 0.6 is 22.9 Å². The smallest absolute Gasteiger partial charge is 0.311 e. The number of fused-ring (bicyclic) bond motifs is 1. The number of halogens is 2. The molecule has 1 aliphatic rings. The zero-order chi connectivity index (χ0) is 25.9. The quantitative estimate of drug-likeness (QED) is 0.368. The van der Waals surface area contributed by atoms with Crippen LogP contribution in [0.15, 0.2) is 54.6 Å². The summed E-state index contributed by atoms with van der Waals surface area (Å²) in [6, 6.07) is 15.0. The van der Waals surface area contributed by atoms with Gasteiger partial charge in [-0.15, -0.1) is 11.3 Å². The Bertz CT molecular complexity index is 1440. The molecule has 0 spiro atoms. The van der Waals surface area contributed by atoms with Crippen LogP contribution in [0.25, 0.3) is 20.7 Å². The molecule has 37 heavy (non-hydrogen) atoms. The molecular weight excluding hydrogens is 519 g/mol. The van der Waals surface area contributed by atoms with Crippen molar-refractivity contribution in [1.29, 1.82) is 0 Å². The zero-order valence-electron chi connectivity index (χ0n) is 19.6. The van der Waals surface area contributed by atoms with E-state index >= 15 is 0 Å². The summed E-state index contributed by atoms with van der Waals surface area (Å²) in [4.78, 5) is 38.4. The molecule has 1 saturated heterocycles. The maximum Gasteiger partial charge on any atom is 0.311 e. The van der Waals surface area contributed by atoms with Crippen LogP contribution in [0, 0.1) is 5.82 Å². The second-order valence-corrected chi connectivity index (χ2v) is 9.95. The first kappa shape index (κ1) is 24.9. The second-order valence-electron chi connectivity index (χ2n) is 8.48. The van der Waals surface area contributed by atoms with Crippen molar-refractivity contribution in [3.05, 3.63) is 71.3 Å². The largest absolute Gasteiger partial charge is 0.484 e. The molecule has 0 atom stereocenters. The van der Waals surface area contributed by atoms with E-state index in [-0.39, 0.29) is 30.6 Å². The van der Waals surface area contributed by atoms with Crippen molar-refractivity contribution in [2.45, 2.75) is 6.42 Å². The highest BCUT2D eigenvalue weighted by atomic mass is 35.5. The number of piperazine rings is 1. The number of nitrogens with zero attached hydrogens (tertiary/aromatic N) is 4. The van der Waals surface area contributed by atoms with Crippen LogP contribution in [0.3, 0.4) is 0 Å². The van der Waals surface area contributed by atoms with Crippen LogP contribution in [0.2, 0.25) is 5.02 Å². The van der Waals surface area contributed by atoms with Crippen LogP contribution in [0.1, 0.15) is 5.82 Å². The van der Waals surface area contributed by atoms with Gasteiger partial charge in [-0.3, -0.25) is 9.59 Å². The summed E-state index contributed by atoms with van der Waals surface area (Å²) in [5, 5.41) is 10.7. The minimum absolute atomic E-state index is 0.0757. The molecule has 2 aromatic heterocycles. The standard InChI is InChI=1S/C26H22ClFN4O4S/c27-17-3-7-19(8-4-17)36-15-23(33)31-9-11-32(12-10-31)25-20-13-21(16-1-5-18(28)6-2-16)37-26(20)30-22(29-25)14-24(34)35/h1-8,13H,9-12,14-15H2,(H,34,35). The highest BCUT2D eigenvalue weighted by Gasteiger charge is 2.25. The number of carbonyl (C=O) groups excluding carboxylic acids is 1. The Labute approximate surface area is 220 Å². The van der Waals surface area contributed by atoms with Crippen molar-refractivity contribution >= 4 is 50.8 Å². The van der Waals surface area contributed by atoms with E-state index in [0.717, 1.165) is 15.8 Å². The highest BCUT2D eigenvalue weighted by Crippen LogP contribution is 2.37. The minimum atomic E-state index is -1.02. The fourth-order valence-corrected chi connectivity index (χ4v) is 5.27.